The summed E-state index contributed by atoms with van der Waals surface area (Å²) in [5, 5.41) is 11.0. The van der Waals surface area contributed by atoms with Crippen LogP contribution in [0.5, 0.6) is 5.75 Å². The fourth-order valence-electron chi connectivity index (χ4n) is 7.76. The molecular formula is C33H27BrN2O5. The Kier molecular flexibility index (Phi) is 5.84. The molecule has 3 fully saturated rings. The van der Waals surface area contributed by atoms with Crippen LogP contribution in [0.1, 0.15) is 31.2 Å². The summed E-state index contributed by atoms with van der Waals surface area (Å²) in [5.74, 6) is -4.13. The second-order valence-corrected chi connectivity index (χ2v) is 12.5. The first kappa shape index (κ1) is 25.9. The van der Waals surface area contributed by atoms with Crippen LogP contribution < -0.4 is 9.80 Å². The number of phenols is 1. The van der Waals surface area contributed by atoms with Crippen molar-refractivity contribution in [3.05, 3.63) is 101 Å². The molecule has 2 aliphatic heterocycles. The minimum Gasteiger partial charge on any atom is -0.508 e. The van der Waals surface area contributed by atoms with E-state index in [0.717, 1.165) is 10.0 Å². The first-order valence-corrected chi connectivity index (χ1v) is 14.6. The average Bonchev–Trinajstić information content (AvgIpc) is 3.34. The maximum atomic E-state index is 14.3. The van der Waals surface area contributed by atoms with Crippen molar-refractivity contribution < 1.29 is 24.3 Å². The number of nitrogens with zero attached hydrogens (tertiary/aromatic N) is 2. The molecule has 206 valence electrons. The van der Waals surface area contributed by atoms with Crippen LogP contribution in [-0.4, -0.2) is 28.7 Å². The Hall–Kier alpha value is -4.04. The van der Waals surface area contributed by atoms with Gasteiger partial charge in [-0.2, -0.15) is 0 Å². The number of amides is 4. The lowest BCUT2D eigenvalue weighted by Gasteiger charge is -2.49. The van der Waals surface area contributed by atoms with E-state index in [1.54, 1.807) is 72.8 Å². The summed E-state index contributed by atoms with van der Waals surface area (Å²) >= 11 is 3.41. The van der Waals surface area contributed by atoms with Gasteiger partial charge < -0.3 is 5.11 Å². The molecule has 0 radical (unpaired) electrons. The molecule has 1 N–H and O–H groups in total. The molecule has 0 unspecified atom stereocenters. The molecule has 0 spiro atoms. The van der Waals surface area contributed by atoms with E-state index in [1.165, 1.54) is 9.80 Å². The van der Waals surface area contributed by atoms with Crippen LogP contribution in [-0.2, 0) is 19.2 Å². The van der Waals surface area contributed by atoms with Gasteiger partial charge in [-0.1, -0.05) is 64.0 Å². The molecule has 6 atom stereocenters. The molecule has 4 aliphatic rings. The van der Waals surface area contributed by atoms with E-state index in [0.29, 0.717) is 23.4 Å². The molecule has 0 bridgehead atoms. The number of allylic oxidation sites excluding steroid dienone is 2. The van der Waals surface area contributed by atoms with Gasteiger partial charge in [-0.15, -0.1) is 0 Å². The smallest absolute Gasteiger partial charge is 0.241 e. The highest BCUT2D eigenvalue weighted by molar-refractivity contribution is 9.10. The predicted octanol–water partition coefficient (Wildman–Crippen LogP) is 5.59. The van der Waals surface area contributed by atoms with Crippen molar-refractivity contribution in [3.8, 4) is 5.75 Å². The van der Waals surface area contributed by atoms with Gasteiger partial charge in [0, 0.05) is 16.0 Å². The zero-order valence-corrected chi connectivity index (χ0v) is 23.8. The molecule has 0 aromatic heterocycles. The van der Waals surface area contributed by atoms with Crippen LogP contribution in [0.4, 0.5) is 11.4 Å². The monoisotopic (exact) mass is 610 g/mol. The summed E-state index contributed by atoms with van der Waals surface area (Å²) < 4.78 is 0.839. The Morgan fingerprint density at radius 1 is 0.780 bits per heavy atom. The Morgan fingerprint density at radius 2 is 1.44 bits per heavy atom. The lowest BCUT2D eigenvalue weighted by molar-refractivity contribution is -0.131. The number of rotatable bonds is 3. The third kappa shape index (κ3) is 3.56. The first-order valence-electron chi connectivity index (χ1n) is 13.8. The Balaban J connectivity index is 1.37. The van der Waals surface area contributed by atoms with Gasteiger partial charge in [0.2, 0.25) is 23.6 Å². The first-order chi connectivity index (χ1) is 19.7. The molecular weight excluding hydrogens is 584 g/mol. The highest BCUT2D eigenvalue weighted by Gasteiger charge is 2.67. The second-order valence-electron chi connectivity index (χ2n) is 11.5. The van der Waals surface area contributed by atoms with Gasteiger partial charge in [0.1, 0.15) is 5.75 Å². The van der Waals surface area contributed by atoms with Gasteiger partial charge in [-0.3, -0.25) is 24.1 Å². The van der Waals surface area contributed by atoms with Crippen molar-refractivity contribution in [1.29, 1.82) is 0 Å². The summed E-state index contributed by atoms with van der Waals surface area (Å²) in [4.78, 5) is 58.7. The minimum atomic E-state index is -1.18. The number of hydrogen-bond donors (Lipinski definition) is 1. The van der Waals surface area contributed by atoms with Gasteiger partial charge in [0.25, 0.3) is 0 Å². The number of halogens is 1. The number of hydrogen-bond acceptors (Lipinski definition) is 5. The zero-order valence-electron chi connectivity index (χ0n) is 22.2. The normalized spacial score (nSPS) is 30.7. The van der Waals surface area contributed by atoms with E-state index in [4.69, 9.17) is 0 Å². The molecule has 3 aromatic rings. The summed E-state index contributed by atoms with van der Waals surface area (Å²) in [7, 11) is 0. The van der Waals surface area contributed by atoms with Crippen molar-refractivity contribution in [3.63, 3.8) is 0 Å². The highest BCUT2D eigenvalue weighted by Crippen LogP contribution is 2.64. The number of carbonyl (C=O) groups excluding carboxylic acids is 4. The Labute approximate surface area is 245 Å². The number of anilines is 2. The fraction of sp³-hybridized carbons (Fsp3) is 0.273. The van der Waals surface area contributed by atoms with Gasteiger partial charge in [-0.25, -0.2) is 4.90 Å². The zero-order chi connectivity index (χ0) is 28.6. The number of para-hydroxylation sites is 2. The third-order valence-electron chi connectivity index (χ3n) is 9.62. The Morgan fingerprint density at radius 3 is 2.15 bits per heavy atom. The molecule has 7 rings (SSSR count). The number of benzene rings is 3. The summed E-state index contributed by atoms with van der Waals surface area (Å²) in [6.07, 6.45) is 2.61. The van der Waals surface area contributed by atoms with Crippen molar-refractivity contribution in [2.75, 3.05) is 9.80 Å². The van der Waals surface area contributed by atoms with Crippen molar-refractivity contribution in [1.82, 2.24) is 0 Å². The van der Waals surface area contributed by atoms with Crippen LogP contribution in [0.2, 0.25) is 0 Å². The van der Waals surface area contributed by atoms with Crippen LogP contribution in [0, 0.1) is 29.1 Å². The van der Waals surface area contributed by atoms with E-state index in [1.807, 2.05) is 19.1 Å². The van der Waals surface area contributed by atoms with Crippen molar-refractivity contribution in [2.24, 2.45) is 29.1 Å². The number of fused-ring (bicyclic) bond motifs is 4. The van der Waals surface area contributed by atoms with Gasteiger partial charge in [-0.05, 0) is 68.1 Å². The standard InChI is InChI=1S/C33H27BrN2O5/c1-33-25(30(39)36(32(33)41)19-7-3-2-4-8-19)17-24-21(28(33)22-9-5-6-10-26(22)37)15-16-23-27(24)31(40)35(29(23)38)20-13-11-18(34)12-14-20/h2-15,23-25,27-28,37H,16-17H2,1H3/t23-,24+,25-,27-,28+,33+/m0/s1. The van der Waals surface area contributed by atoms with E-state index < -0.39 is 35.0 Å². The van der Waals surface area contributed by atoms with Gasteiger partial charge >= 0.3 is 0 Å². The molecule has 2 aliphatic carbocycles. The van der Waals surface area contributed by atoms with Gasteiger partial charge in [0.15, 0.2) is 0 Å². The summed E-state index contributed by atoms with van der Waals surface area (Å²) in [6, 6.07) is 22.8. The number of carbonyl (C=O) groups is 4. The Bertz CT molecular complexity index is 1650. The number of aromatic hydroxyl groups is 1. The molecule has 3 aromatic carbocycles. The maximum absolute atomic E-state index is 14.3. The minimum absolute atomic E-state index is 0.0323. The molecule has 41 heavy (non-hydrogen) atoms. The topological polar surface area (TPSA) is 95.0 Å². The van der Waals surface area contributed by atoms with Gasteiger partial charge in [0.05, 0.1) is 34.5 Å². The SMILES string of the molecule is C[C@@]12C(=O)N(c3ccccc3)C(=O)[C@@H]1C[C@@H]1C(=CC[C@@H]3C(=O)N(c4ccc(Br)cc4)C(=O)[C@@H]31)[C@@H]2c1ccccc1O. The van der Waals surface area contributed by atoms with Crippen molar-refractivity contribution >= 4 is 50.9 Å². The molecule has 1 saturated carbocycles. The number of imide groups is 2. The lowest BCUT2D eigenvalue weighted by Crippen LogP contribution is -2.48. The average molecular weight is 611 g/mol. The maximum Gasteiger partial charge on any atom is 0.241 e. The van der Waals surface area contributed by atoms with E-state index in [2.05, 4.69) is 15.9 Å². The predicted molar refractivity (Wildman–Crippen MR) is 156 cm³/mol. The van der Waals surface area contributed by atoms with E-state index in [9.17, 15) is 24.3 Å². The summed E-state index contributed by atoms with van der Waals surface area (Å²) in [5.41, 5.74) is 1.23. The third-order valence-corrected chi connectivity index (χ3v) is 10.2. The van der Waals surface area contributed by atoms with Crippen molar-refractivity contribution in [2.45, 2.75) is 25.7 Å². The number of phenolic OH excluding ortho intramolecular Hbond substituents is 1. The molecule has 8 heteroatoms. The van der Waals surface area contributed by atoms with E-state index in [-0.39, 0.29) is 35.8 Å². The summed E-state index contributed by atoms with van der Waals surface area (Å²) in [6.45, 7) is 1.82. The fourth-order valence-corrected chi connectivity index (χ4v) is 8.02. The van der Waals surface area contributed by atoms with Crippen LogP contribution in [0.15, 0.2) is 95.0 Å². The quantitative estimate of drug-likeness (QED) is 0.308. The molecule has 4 amide bonds. The van der Waals surface area contributed by atoms with Crippen LogP contribution in [0.3, 0.4) is 0 Å². The molecule has 7 nitrogen and oxygen atoms in total. The van der Waals surface area contributed by atoms with Crippen LogP contribution in [0.25, 0.3) is 0 Å². The molecule has 2 saturated heterocycles. The molecule has 2 heterocycles. The second kappa shape index (κ2) is 9.24. The van der Waals surface area contributed by atoms with E-state index >= 15 is 0 Å². The lowest BCUT2D eigenvalue weighted by atomic mass is 9.51. The largest absolute Gasteiger partial charge is 0.508 e. The van der Waals surface area contributed by atoms with Crippen LogP contribution >= 0.6 is 15.9 Å². The highest BCUT2D eigenvalue weighted by atomic mass is 79.9.